The predicted octanol–water partition coefficient (Wildman–Crippen LogP) is 2.15. The summed E-state index contributed by atoms with van der Waals surface area (Å²) in [6, 6.07) is 5.01. The molecule has 0 N–H and O–H groups in total. The summed E-state index contributed by atoms with van der Waals surface area (Å²) in [6.45, 7) is 7.11. The molecule has 1 amide bonds. The summed E-state index contributed by atoms with van der Waals surface area (Å²) in [6.07, 6.45) is 1.43. The molecule has 0 unspecified atom stereocenters. The zero-order chi connectivity index (χ0) is 15.6. The maximum atomic E-state index is 12.5. The van der Waals surface area contributed by atoms with Crippen molar-refractivity contribution in [2.45, 2.75) is 38.5 Å². The van der Waals surface area contributed by atoms with Crippen molar-refractivity contribution in [3.63, 3.8) is 0 Å². The molecule has 2 rings (SSSR count). The molecular formula is C15H22N2O3S. The number of rotatable bonds is 5. The first-order chi connectivity index (χ1) is 9.91. The van der Waals surface area contributed by atoms with Gasteiger partial charge in [0.15, 0.2) is 0 Å². The number of sulfonamides is 1. The van der Waals surface area contributed by atoms with Crippen LogP contribution >= 0.6 is 0 Å². The molecule has 1 aromatic rings. The molecule has 1 aromatic carbocycles. The molecule has 1 fully saturated rings. The van der Waals surface area contributed by atoms with Gasteiger partial charge in [-0.1, -0.05) is 13.8 Å². The van der Waals surface area contributed by atoms with Gasteiger partial charge in [-0.15, -0.1) is 0 Å². The van der Waals surface area contributed by atoms with Gasteiger partial charge in [-0.05, 0) is 37.1 Å². The number of nitrogens with zero attached hydrogens (tertiary/aromatic N) is 2. The molecule has 0 aliphatic carbocycles. The Morgan fingerprint density at radius 3 is 2.38 bits per heavy atom. The predicted molar refractivity (Wildman–Crippen MR) is 82.9 cm³/mol. The minimum Gasteiger partial charge on any atom is -0.312 e. The summed E-state index contributed by atoms with van der Waals surface area (Å²) >= 11 is 0. The van der Waals surface area contributed by atoms with Gasteiger partial charge in [-0.25, -0.2) is 8.42 Å². The highest BCUT2D eigenvalue weighted by Gasteiger charge is 2.26. The van der Waals surface area contributed by atoms with Crippen molar-refractivity contribution in [2.75, 3.05) is 24.5 Å². The maximum Gasteiger partial charge on any atom is 0.243 e. The molecule has 1 aliphatic heterocycles. The number of benzene rings is 1. The van der Waals surface area contributed by atoms with Crippen molar-refractivity contribution in [3.05, 3.63) is 23.8 Å². The number of amides is 1. The van der Waals surface area contributed by atoms with Crippen molar-refractivity contribution < 1.29 is 13.2 Å². The molecule has 21 heavy (non-hydrogen) atoms. The average Bonchev–Trinajstić information content (AvgIpc) is 2.86. The quantitative estimate of drug-likeness (QED) is 0.837. The fraction of sp³-hybridized carbons (Fsp3) is 0.533. The van der Waals surface area contributed by atoms with E-state index < -0.39 is 10.0 Å². The lowest BCUT2D eigenvalue weighted by Gasteiger charge is -2.21. The second-order valence-corrected chi connectivity index (χ2v) is 7.12. The van der Waals surface area contributed by atoms with Gasteiger partial charge >= 0.3 is 0 Å². The van der Waals surface area contributed by atoms with Crippen LogP contribution in [0.25, 0.3) is 0 Å². The van der Waals surface area contributed by atoms with Crippen LogP contribution < -0.4 is 4.90 Å². The molecule has 0 radical (unpaired) electrons. The summed E-state index contributed by atoms with van der Waals surface area (Å²) in [5.74, 6) is 0.109. The number of carbonyl (C=O) groups is 1. The number of hydrogen-bond acceptors (Lipinski definition) is 3. The van der Waals surface area contributed by atoms with Crippen LogP contribution in [0.1, 0.15) is 32.3 Å². The first-order valence-electron chi connectivity index (χ1n) is 7.33. The Bertz CT molecular complexity index is 636. The molecular weight excluding hydrogens is 288 g/mol. The molecule has 1 saturated heterocycles. The van der Waals surface area contributed by atoms with Crippen LogP contribution in [0.5, 0.6) is 0 Å². The standard InChI is InChI=1S/C15H22N2O3S/c1-4-16(5-2)21(19,20)13-8-9-14(12(3)11-13)17-10-6-7-15(17)18/h8-9,11H,4-7,10H2,1-3H3. The Kier molecular flexibility index (Phi) is 4.68. The maximum absolute atomic E-state index is 12.5. The zero-order valence-electron chi connectivity index (χ0n) is 12.8. The Morgan fingerprint density at radius 1 is 1.24 bits per heavy atom. The number of aryl methyl sites for hydroxylation is 1. The minimum atomic E-state index is -3.45. The van der Waals surface area contributed by atoms with Gasteiger partial charge in [0.2, 0.25) is 15.9 Å². The Balaban J connectivity index is 2.37. The van der Waals surface area contributed by atoms with Crippen LogP contribution in [0.3, 0.4) is 0 Å². The van der Waals surface area contributed by atoms with Crippen LogP contribution in [0.2, 0.25) is 0 Å². The third-order valence-electron chi connectivity index (χ3n) is 3.88. The van der Waals surface area contributed by atoms with E-state index in [4.69, 9.17) is 0 Å². The fourth-order valence-electron chi connectivity index (χ4n) is 2.71. The summed E-state index contributed by atoms with van der Waals surface area (Å²) in [4.78, 5) is 13.8. The summed E-state index contributed by atoms with van der Waals surface area (Å²) in [5.41, 5.74) is 1.63. The lowest BCUT2D eigenvalue weighted by atomic mass is 10.2. The van der Waals surface area contributed by atoms with Crippen molar-refractivity contribution in [2.24, 2.45) is 0 Å². The van der Waals surface area contributed by atoms with E-state index in [0.717, 1.165) is 17.7 Å². The van der Waals surface area contributed by atoms with Crippen molar-refractivity contribution in [3.8, 4) is 0 Å². The molecule has 116 valence electrons. The van der Waals surface area contributed by atoms with Gasteiger partial charge in [-0.3, -0.25) is 4.79 Å². The molecule has 6 heteroatoms. The highest BCUT2D eigenvalue weighted by molar-refractivity contribution is 7.89. The largest absolute Gasteiger partial charge is 0.312 e. The average molecular weight is 310 g/mol. The Hall–Kier alpha value is -1.40. The fourth-order valence-corrected chi connectivity index (χ4v) is 4.25. The molecule has 0 saturated carbocycles. The van der Waals surface area contributed by atoms with Gasteiger partial charge in [0.05, 0.1) is 4.90 Å². The normalized spacial score (nSPS) is 16.0. The molecule has 0 atom stereocenters. The number of anilines is 1. The first kappa shape index (κ1) is 16.0. The third kappa shape index (κ3) is 2.96. The molecule has 0 bridgehead atoms. The Morgan fingerprint density at radius 2 is 1.90 bits per heavy atom. The highest BCUT2D eigenvalue weighted by Crippen LogP contribution is 2.28. The van der Waals surface area contributed by atoms with Crippen molar-refractivity contribution in [1.29, 1.82) is 0 Å². The lowest BCUT2D eigenvalue weighted by Crippen LogP contribution is -2.31. The summed E-state index contributed by atoms with van der Waals surface area (Å²) in [5, 5.41) is 0. The molecule has 1 heterocycles. The van der Waals surface area contributed by atoms with E-state index in [0.29, 0.717) is 31.0 Å². The topological polar surface area (TPSA) is 57.7 Å². The number of carbonyl (C=O) groups excluding carboxylic acids is 1. The van der Waals surface area contributed by atoms with Gasteiger partial charge in [-0.2, -0.15) is 4.31 Å². The first-order valence-corrected chi connectivity index (χ1v) is 8.77. The molecule has 5 nitrogen and oxygen atoms in total. The highest BCUT2D eigenvalue weighted by atomic mass is 32.2. The SMILES string of the molecule is CCN(CC)S(=O)(=O)c1ccc(N2CCCC2=O)c(C)c1. The second-order valence-electron chi connectivity index (χ2n) is 5.19. The second kappa shape index (κ2) is 6.15. The van der Waals surface area contributed by atoms with E-state index in [-0.39, 0.29) is 5.91 Å². The monoisotopic (exact) mass is 310 g/mol. The Labute approximate surface area is 126 Å². The van der Waals surface area contributed by atoms with E-state index in [9.17, 15) is 13.2 Å². The van der Waals surface area contributed by atoms with Crippen molar-refractivity contribution >= 4 is 21.6 Å². The minimum absolute atomic E-state index is 0.109. The molecule has 0 aromatic heterocycles. The van der Waals surface area contributed by atoms with E-state index >= 15 is 0 Å². The van der Waals surface area contributed by atoms with E-state index in [2.05, 4.69) is 0 Å². The summed E-state index contributed by atoms with van der Waals surface area (Å²) in [7, 11) is -3.45. The van der Waals surface area contributed by atoms with Crippen LogP contribution in [-0.4, -0.2) is 38.3 Å². The van der Waals surface area contributed by atoms with Crippen LogP contribution in [-0.2, 0) is 14.8 Å². The van der Waals surface area contributed by atoms with Crippen LogP contribution in [0, 0.1) is 6.92 Å². The van der Waals surface area contributed by atoms with Crippen LogP contribution in [0.4, 0.5) is 5.69 Å². The zero-order valence-corrected chi connectivity index (χ0v) is 13.6. The summed E-state index contributed by atoms with van der Waals surface area (Å²) < 4.78 is 26.4. The van der Waals surface area contributed by atoms with Crippen LogP contribution in [0.15, 0.2) is 23.1 Å². The molecule has 0 spiro atoms. The lowest BCUT2D eigenvalue weighted by molar-refractivity contribution is -0.117. The van der Waals surface area contributed by atoms with Crippen molar-refractivity contribution in [1.82, 2.24) is 4.31 Å². The van der Waals surface area contributed by atoms with Gasteiger partial charge in [0.25, 0.3) is 0 Å². The van der Waals surface area contributed by atoms with Gasteiger partial charge in [0, 0.05) is 31.7 Å². The van der Waals surface area contributed by atoms with Gasteiger partial charge in [0.1, 0.15) is 0 Å². The molecule has 1 aliphatic rings. The van der Waals surface area contributed by atoms with E-state index in [1.165, 1.54) is 4.31 Å². The number of hydrogen-bond donors (Lipinski definition) is 0. The van der Waals surface area contributed by atoms with Gasteiger partial charge < -0.3 is 4.90 Å². The smallest absolute Gasteiger partial charge is 0.243 e. The third-order valence-corrected chi connectivity index (χ3v) is 5.92. The van der Waals surface area contributed by atoms with E-state index in [1.807, 2.05) is 20.8 Å². The van der Waals surface area contributed by atoms with E-state index in [1.54, 1.807) is 23.1 Å².